The third-order valence-corrected chi connectivity index (χ3v) is 1.61. The quantitative estimate of drug-likeness (QED) is 0.446. The number of hydrogen-bond acceptors (Lipinski definition) is 3. The van der Waals surface area contributed by atoms with Crippen LogP contribution in [0.4, 0.5) is 0 Å². The van der Waals surface area contributed by atoms with Crippen molar-refractivity contribution >= 4 is 17.4 Å². The molecule has 0 spiro atoms. The highest BCUT2D eigenvalue weighted by atomic mass is 32.2. The van der Waals surface area contributed by atoms with Gasteiger partial charge in [0.25, 0.3) is 0 Å². The van der Waals surface area contributed by atoms with Crippen molar-refractivity contribution in [2.45, 2.75) is 11.9 Å². The Labute approximate surface area is 55.5 Å². The highest BCUT2D eigenvalue weighted by Gasteiger charge is 2.11. The molecule has 0 aliphatic heterocycles. The molecule has 0 aliphatic rings. The van der Waals surface area contributed by atoms with Crippen LogP contribution in [-0.2, 0) is 20.6 Å². The summed E-state index contributed by atoms with van der Waals surface area (Å²) < 4.78 is 22.9. The average molecular weight is 152 g/mol. The SMILES string of the molecule is COC(CC=O)S(=O)O. The zero-order valence-corrected chi connectivity index (χ0v) is 5.76. The van der Waals surface area contributed by atoms with E-state index in [9.17, 15) is 9.00 Å². The van der Waals surface area contributed by atoms with Gasteiger partial charge < -0.3 is 14.1 Å². The lowest BCUT2D eigenvalue weighted by Gasteiger charge is -2.04. The molecule has 0 rings (SSSR count). The van der Waals surface area contributed by atoms with Crippen molar-refractivity contribution in [3.8, 4) is 0 Å². The van der Waals surface area contributed by atoms with Gasteiger partial charge >= 0.3 is 0 Å². The summed E-state index contributed by atoms with van der Waals surface area (Å²) in [5.74, 6) is 0. The summed E-state index contributed by atoms with van der Waals surface area (Å²) in [7, 11) is 1.28. The lowest BCUT2D eigenvalue weighted by atomic mass is 10.5. The van der Waals surface area contributed by atoms with E-state index < -0.39 is 16.5 Å². The second-order valence-electron chi connectivity index (χ2n) is 1.34. The topological polar surface area (TPSA) is 63.6 Å². The van der Waals surface area contributed by atoms with Gasteiger partial charge in [-0.05, 0) is 0 Å². The number of hydrogen-bond donors (Lipinski definition) is 1. The Balaban J connectivity index is 3.67. The first-order chi connectivity index (χ1) is 4.22. The molecule has 5 heteroatoms. The van der Waals surface area contributed by atoms with Crippen LogP contribution in [0.3, 0.4) is 0 Å². The first-order valence-electron chi connectivity index (χ1n) is 2.28. The Morgan fingerprint density at radius 1 is 1.89 bits per heavy atom. The Bertz CT molecular complexity index is 113. The van der Waals surface area contributed by atoms with E-state index in [1.807, 2.05) is 0 Å². The van der Waals surface area contributed by atoms with Crippen LogP contribution < -0.4 is 0 Å². The van der Waals surface area contributed by atoms with Gasteiger partial charge in [0.05, 0.1) is 0 Å². The standard InChI is InChI=1S/C4H8O4S/c1-8-4(2-3-5)9(6)7/h3-4H,2H2,1H3,(H,6,7). The molecular formula is C4H8O4S. The van der Waals surface area contributed by atoms with E-state index in [4.69, 9.17) is 4.55 Å². The number of ether oxygens (including phenoxy) is 1. The number of methoxy groups -OCH3 is 1. The molecule has 0 radical (unpaired) electrons. The highest BCUT2D eigenvalue weighted by molar-refractivity contribution is 7.79. The molecule has 0 saturated carbocycles. The summed E-state index contributed by atoms with van der Waals surface area (Å²) >= 11 is -2.06. The number of aldehydes is 1. The summed E-state index contributed by atoms with van der Waals surface area (Å²) in [6, 6.07) is 0. The minimum atomic E-state index is -2.06. The molecule has 0 aromatic heterocycles. The Morgan fingerprint density at radius 2 is 2.44 bits per heavy atom. The van der Waals surface area contributed by atoms with Crippen LogP contribution in [-0.4, -0.2) is 27.6 Å². The summed E-state index contributed by atoms with van der Waals surface area (Å²) in [5, 5.41) is 0. The smallest absolute Gasteiger partial charge is 0.183 e. The molecule has 4 nitrogen and oxygen atoms in total. The van der Waals surface area contributed by atoms with Crippen molar-refractivity contribution in [2.24, 2.45) is 0 Å². The first-order valence-corrected chi connectivity index (χ1v) is 3.45. The largest absolute Gasteiger partial charge is 0.365 e. The van der Waals surface area contributed by atoms with E-state index in [1.54, 1.807) is 0 Å². The Kier molecular flexibility index (Phi) is 4.47. The number of rotatable bonds is 4. The van der Waals surface area contributed by atoms with Crippen LogP contribution >= 0.6 is 0 Å². The van der Waals surface area contributed by atoms with Crippen molar-refractivity contribution in [3.05, 3.63) is 0 Å². The zero-order valence-electron chi connectivity index (χ0n) is 4.94. The molecule has 0 bridgehead atoms. The normalized spacial score (nSPS) is 16.7. The molecule has 0 fully saturated rings. The molecule has 0 aromatic rings. The van der Waals surface area contributed by atoms with E-state index >= 15 is 0 Å². The molecule has 9 heavy (non-hydrogen) atoms. The summed E-state index contributed by atoms with van der Waals surface area (Å²) in [6.07, 6.45) is 0.502. The lowest BCUT2D eigenvalue weighted by molar-refractivity contribution is -0.109. The maximum absolute atomic E-state index is 10.1. The van der Waals surface area contributed by atoms with Crippen LogP contribution in [0.15, 0.2) is 0 Å². The van der Waals surface area contributed by atoms with Crippen LogP contribution in [0.25, 0.3) is 0 Å². The predicted molar refractivity (Wildman–Crippen MR) is 32.2 cm³/mol. The predicted octanol–water partition coefficient (Wildman–Crippen LogP) is -0.230. The van der Waals surface area contributed by atoms with Crippen LogP contribution in [0.2, 0.25) is 0 Å². The first kappa shape index (κ1) is 8.74. The Morgan fingerprint density at radius 3 is 2.56 bits per heavy atom. The second-order valence-corrected chi connectivity index (χ2v) is 2.42. The Hall–Kier alpha value is -0.260. The molecular weight excluding hydrogens is 144 g/mol. The van der Waals surface area contributed by atoms with Crippen molar-refractivity contribution in [2.75, 3.05) is 7.11 Å². The van der Waals surface area contributed by atoms with Crippen LogP contribution in [0.5, 0.6) is 0 Å². The highest BCUT2D eigenvalue weighted by Crippen LogP contribution is 1.96. The molecule has 0 aromatic carbocycles. The number of carbonyl (C=O) groups is 1. The fraction of sp³-hybridized carbons (Fsp3) is 0.750. The molecule has 2 atom stereocenters. The summed E-state index contributed by atoms with van der Waals surface area (Å²) in [5.41, 5.74) is -0.873. The van der Waals surface area contributed by atoms with Gasteiger partial charge in [0, 0.05) is 13.5 Å². The fourth-order valence-corrected chi connectivity index (χ4v) is 0.747. The van der Waals surface area contributed by atoms with Gasteiger partial charge in [-0.1, -0.05) is 0 Å². The summed E-state index contributed by atoms with van der Waals surface area (Å²) in [6.45, 7) is 0. The second kappa shape index (κ2) is 4.60. The molecule has 0 heterocycles. The van der Waals surface area contributed by atoms with Crippen molar-refractivity contribution < 1.29 is 18.3 Å². The molecule has 2 unspecified atom stereocenters. The maximum atomic E-state index is 10.1. The third-order valence-electron chi connectivity index (χ3n) is 0.776. The van der Waals surface area contributed by atoms with E-state index in [0.29, 0.717) is 6.29 Å². The molecule has 0 saturated heterocycles. The van der Waals surface area contributed by atoms with E-state index in [1.165, 1.54) is 7.11 Å². The van der Waals surface area contributed by atoms with E-state index in [2.05, 4.69) is 4.74 Å². The van der Waals surface area contributed by atoms with Gasteiger partial charge in [-0.15, -0.1) is 0 Å². The van der Waals surface area contributed by atoms with Crippen molar-refractivity contribution in [1.29, 1.82) is 0 Å². The average Bonchev–Trinajstić information content (AvgIpc) is 1.82. The fourth-order valence-electron chi connectivity index (χ4n) is 0.339. The number of carbonyl (C=O) groups excluding carboxylic acids is 1. The van der Waals surface area contributed by atoms with Gasteiger partial charge in [0.1, 0.15) is 6.29 Å². The molecule has 54 valence electrons. The van der Waals surface area contributed by atoms with Gasteiger partial charge in [0.2, 0.25) is 0 Å². The van der Waals surface area contributed by atoms with Crippen molar-refractivity contribution in [3.63, 3.8) is 0 Å². The van der Waals surface area contributed by atoms with Gasteiger partial charge in [-0.3, -0.25) is 0 Å². The molecule has 0 aliphatic carbocycles. The monoisotopic (exact) mass is 152 g/mol. The van der Waals surface area contributed by atoms with E-state index in [0.717, 1.165) is 0 Å². The van der Waals surface area contributed by atoms with Crippen LogP contribution in [0, 0.1) is 0 Å². The van der Waals surface area contributed by atoms with Crippen LogP contribution in [0.1, 0.15) is 6.42 Å². The maximum Gasteiger partial charge on any atom is 0.183 e. The minimum absolute atomic E-state index is 0.0421. The minimum Gasteiger partial charge on any atom is -0.365 e. The van der Waals surface area contributed by atoms with Crippen molar-refractivity contribution in [1.82, 2.24) is 0 Å². The molecule has 0 amide bonds. The zero-order chi connectivity index (χ0) is 7.28. The molecule has 1 N–H and O–H groups in total. The van der Waals surface area contributed by atoms with Gasteiger partial charge in [-0.25, -0.2) is 4.21 Å². The van der Waals surface area contributed by atoms with Gasteiger partial charge in [0.15, 0.2) is 16.5 Å². The van der Waals surface area contributed by atoms with Gasteiger partial charge in [-0.2, -0.15) is 0 Å². The van der Waals surface area contributed by atoms with E-state index in [-0.39, 0.29) is 6.42 Å². The summed E-state index contributed by atoms with van der Waals surface area (Å²) in [4.78, 5) is 9.75. The third kappa shape index (κ3) is 3.34. The lowest BCUT2D eigenvalue weighted by Crippen LogP contribution is -2.16.